The van der Waals surface area contributed by atoms with Gasteiger partial charge >= 0.3 is 0 Å². The van der Waals surface area contributed by atoms with Gasteiger partial charge in [0.15, 0.2) is 0 Å². The zero-order valence-corrected chi connectivity index (χ0v) is 19.4. The van der Waals surface area contributed by atoms with Crippen molar-refractivity contribution in [2.75, 3.05) is 26.3 Å². The largest absolute Gasteiger partial charge is 0.394 e. The van der Waals surface area contributed by atoms with Crippen LogP contribution in [0.5, 0.6) is 0 Å². The van der Waals surface area contributed by atoms with Gasteiger partial charge in [0.1, 0.15) is 36.6 Å². The molecule has 12 N–H and O–H groups in total. The highest BCUT2D eigenvalue weighted by atomic mass is 35.5. The second kappa shape index (κ2) is 16.7. The highest BCUT2D eigenvalue weighted by molar-refractivity contribution is 5.85. The number of hydrogen-bond donors (Lipinski definition) is 11. The van der Waals surface area contributed by atoms with E-state index in [0.29, 0.717) is 25.7 Å². The molecule has 1 saturated carbocycles. The summed E-state index contributed by atoms with van der Waals surface area (Å²) in [7, 11) is 0. The van der Waals surface area contributed by atoms with Gasteiger partial charge in [0.25, 0.3) is 0 Å². The van der Waals surface area contributed by atoms with Crippen molar-refractivity contribution in [2.45, 2.75) is 86.6 Å². The van der Waals surface area contributed by atoms with Crippen LogP contribution in [-0.2, 0) is 0 Å². The molecule has 12 nitrogen and oxygen atoms in total. The minimum atomic E-state index is -1.80. The molecule has 0 aromatic heterocycles. The summed E-state index contributed by atoms with van der Waals surface area (Å²) in [5.41, 5.74) is 5.91. The maximum absolute atomic E-state index is 10.3. The molecule has 0 bridgehead atoms. The Kier molecular flexibility index (Phi) is 17.9. The molecule has 0 amide bonds. The van der Waals surface area contributed by atoms with Gasteiger partial charge < -0.3 is 56.8 Å². The third kappa shape index (κ3) is 10.2. The van der Waals surface area contributed by atoms with Crippen LogP contribution in [0.25, 0.3) is 0 Å². The van der Waals surface area contributed by atoms with Crippen LogP contribution in [0.2, 0.25) is 0 Å². The van der Waals surface area contributed by atoms with E-state index < -0.39 is 62.0 Å². The molecule has 196 valence electrons. The number of hydrogen-bond acceptors (Lipinski definition) is 12. The Hall–Kier alpha value is 0.100. The molecule has 0 aromatic carbocycles. The SMILES string of the molecule is Cl.Cl.N[C@H]1CC[C@H](N(C[C@H](O)[C@@H](O)[C@H](O)[C@H](O)CO)C[C@H](O)[C@@H](O)[C@H](O)[C@H](O)CO)CC1. The van der Waals surface area contributed by atoms with E-state index in [1.54, 1.807) is 4.90 Å². The third-order valence-electron chi connectivity index (χ3n) is 5.75. The molecule has 0 saturated heterocycles. The van der Waals surface area contributed by atoms with Gasteiger partial charge in [-0.3, -0.25) is 4.90 Å². The fourth-order valence-electron chi connectivity index (χ4n) is 3.66. The van der Waals surface area contributed by atoms with E-state index in [-0.39, 0.29) is 50.0 Å². The third-order valence-corrected chi connectivity index (χ3v) is 5.75. The molecule has 14 heteroatoms. The van der Waals surface area contributed by atoms with Crippen LogP contribution in [0, 0.1) is 0 Å². The van der Waals surface area contributed by atoms with Crippen molar-refractivity contribution in [3.05, 3.63) is 0 Å². The first-order chi connectivity index (χ1) is 14.0. The highest BCUT2D eigenvalue weighted by Crippen LogP contribution is 2.24. The number of nitrogens with two attached hydrogens (primary N) is 1. The standard InChI is InChI=1S/C18H38N2O10.2ClH/c19-9-1-3-10(4-2-9)20(5-11(23)15(27)17(29)13(25)7-21)6-12(24)16(28)18(30)14(26)8-22;;/h9-18,21-30H,1-8,19H2;2*1H/t9-,10-,11-,12-,13+,14+,15+,16+,17+,18+;;/m0../s1. The first-order valence-corrected chi connectivity index (χ1v) is 10.2. The van der Waals surface area contributed by atoms with Gasteiger partial charge in [0.2, 0.25) is 0 Å². The van der Waals surface area contributed by atoms with Gasteiger partial charge in [-0.15, -0.1) is 24.8 Å². The summed E-state index contributed by atoms with van der Waals surface area (Å²) in [6.07, 6.45) is -11.0. The van der Waals surface area contributed by atoms with E-state index in [9.17, 15) is 40.9 Å². The van der Waals surface area contributed by atoms with Gasteiger partial charge in [0.05, 0.1) is 25.4 Å². The van der Waals surface area contributed by atoms with E-state index in [0.717, 1.165) is 0 Å². The Morgan fingerprint density at radius 1 is 0.594 bits per heavy atom. The fraction of sp³-hybridized carbons (Fsp3) is 1.00. The second-order valence-electron chi connectivity index (χ2n) is 8.12. The van der Waals surface area contributed by atoms with Crippen molar-refractivity contribution in [2.24, 2.45) is 5.73 Å². The van der Waals surface area contributed by atoms with Crippen LogP contribution < -0.4 is 5.73 Å². The summed E-state index contributed by atoms with van der Waals surface area (Å²) in [6.45, 7) is -2.13. The van der Waals surface area contributed by atoms with E-state index >= 15 is 0 Å². The maximum atomic E-state index is 10.3. The predicted octanol–water partition coefficient (Wildman–Crippen LogP) is -4.73. The summed E-state index contributed by atoms with van der Waals surface area (Å²) in [6, 6.07) is -0.175. The molecule has 32 heavy (non-hydrogen) atoms. The summed E-state index contributed by atoms with van der Waals surface area (Å²) in [5, 5.41) is 97.2. The molecule has 0 spiro atoms. The molecule has 1 rings (SSSR count). The number of rotatable bonds is 13. The molecule has 0 aliphatic heterocycles. The zero-order valence-electron chi connectivity index (χ0n) is 17.7. The lowest BCUT2D eigenvalue weighted by Gasteiger charge is -2.40. The zero-order chi connectivity index (χ0) is 23.0. The van der Waals surface area contributed by atoms with Crippen molar-refractivity contribution in [1.29, 1.82) is 0 Å². The van der Waals surface area contributed by atoms with E-state index in [4.69, 9.17) is 15.9 Å². The molecular formula is C18H40Cl2N2O10. The minimum absolute atomic E-state index is 0. The summed E-state index contributed by atoms with van der Waals surface area (Å²) < 4.78 is 0. The average molecular weight is 515 g/mol. The maximum Gasteiger partial charge on any atom is 0.111 e. The van der Waals surface area contributed by atoms with Crippen LogP contribution >= 0.6 is 24.8 Å². The van der Waals surface area contributed by atoms with Crippen molar-refractivity contribution in [3.63, 3.8) is 0 Å². The monoisotopic (exact) mass is 514 g/mol. The predicted molar refractivity (Wildman–Crippen MR) is 119 cm³/mol. The first-order valence-electron chi connectivity index (χ1n) is 10.2. The van der Waals surface area contributed by atoms with Crippen LogP contribution in [0.4, 0.5) is 0 Å². The molecule has 0 radical (unpaired) electrons. The molecule has 0 heterocycles. The van der Waals surface area contributed by atoms with Gasteiger partial charge in [-0.1, -0.05) is 0 Å². The van der Waals surface area contributed by atoms with Gasteiger partial charge in [-0.25, -0.2) is 0 Å². The van der Waals surface area contributed by atoms with Crippen LogP contribution in [0.3, 0.4) is 0 Å². The second-order valence-corrected chi connectivity index (χ2v) is 8.12. The minimum Gasteiger partial charge on any atom is -0.394 e. The summed E-state index contributed by atoms with van der Waals surface area (Å²) >= 11 is 0. The smallest absolute Gasteiger partial charge is 0.111 e. The number of halogens is 2. The van der Waals surface area contributed by atoms with Crippen LogP contribution in [-0.4, -0.2) is 143 Å². The molecular weight excluding hydrogens is 475 g/mol. The number of aliphatic hydroxyl groups excluding tert-OH is 10. The van der Waals surface area contributed by atoms with Crippen molar-refractivity contribution < 1.29 is 51.1 Å². The normalized spacial score (nSPS) is 26.6. The topological polar surface area (TPSA) is 232 Å². The van der Waals surface area contributed by atoms with Crippen molar-refractivity contribution >= 4 is 24.8 Å². The average Bonchev–Trinajstić information content (AvgIpc) is 2.75. The van der Waals surface area contributed by atoms with Crippen molar-refractivity contribution in [3.8, 4) is 0 Å². The number of nitrogens with zero attached hydrogens (tertiary/aromatic N) is 1. The molecule has 1 aliphatic carbocycles. The Bertz CT molecular complexity index is 449. The van der Waals surface area contributed by atoms with Gasteiger partial charge in [-0.2, -0.15) is 0 Å². The fourth-order valence-corrected chi connectivity index (χ4v) is 3.66. The summed E-state index contributed by atoms with van der Waals surface area (Å²) in [4.78, 5) is 1.57. The Morgan fingerprint density at radius 2 is 0.906 bits per heavy atom. The lowest BCUT2D eigenvalue weighted by molar-refractivity contribution is -0.134. The molecule has 1 aliphatic rings. The lowest BCUT2D eigenvalue weighted by Crippen LogP contribution is -2.55. The van der Waals surface area contributed by atoms with Crippen LogP contribution in [0.1, 0.15) is 25.7 Å². The number of aliphatic hydroxyl groups is 10. The van der Waals surface area contributed by atoms with Crippen LogP contribution in [0.15, 0.2) is 0 Å². The molecule has 8 atom stereocenters. The quantitative estimate of drug-likeness (QED) is 0.111. The van der Waals surface area contributed by atoms with E-state index in [1.807, 2.05) is 0 Å². The molecule has 0 aromatic rings. The van der Waals surface area contributed by atoms with E-state index in [2.05, 4.69) is 0 Å². The van der Waals surface area contributed by atoms with E-state index in [1.165, 1.54) is 0 Å². The van der Waals surface area contributed by atoms with Gasteiger partial charge in [0, 0.05) is 25.2 Å². The Balaban J connectivity index is 0. The summed E-state index contributed by atoms with van der Waals surface area (Å²) in [5.74, 6) is 0. The molecule has 0 unspecified atom stereocenters. The molecule has 1 fully saturated rings. The highest BCUT2D eigenvalue weighted by Gasteiger charge is 2.36. The van der Waals surface area contributed by atoms with Crippen molar-refractivity contribution in [1.82, 2.24) is 4.90 Å². The first kappa shape index (κ1) is 34.3. The van der Waals surface area contributed by atoms with Gasteiger partial charge in [-0.05, 0) is 25.7 Å². The Morgan fingerprint density at radius 3 is 1.22 bits per heavy atom. The Labute approximate surface area is 199 Å². The lowest BCUT2D eigenvalue weighted by atomic mass is 9.89.